The Morgan fingerprint density at radius 1 is 0.372 bits per heavy atom. The SMILES string of the molecule is O=C1C=CC(=O)C(CCC(=O)Nc2cccnc2-c2cccc(-c3c4nc(c(-c5ccccc5)c5ccc([nH]5)c(-c5cccc(-c6ncccc6NC(=O)CCC6=CC(=O)C=CC6=O)n5)c5nc(c(-c6ccccc6)c6ccc3[nH]6)C=C5)C=C4)n2)=C1. The highest BCUT2D eigenvalue weighted by Gasteiger charge is 2.23. The summed E-state index contributed by atoms with van der Waals surface area (Å²) in [6.45, 7) is 0. The zero-order chi connectivity index (χ0) is 58.7. The van der Waals surface area contributed by atoms with Gasteiger partial charge in [0.25, 0.3) is 0 Å². The third-order valence-corrected chi connectivity index (χ3v) is 14.8. The summed E-state index contributed by atoms with van der Waals surface area (Å²) < 4.78 is 0. The number of benzene rings is 2. The first-order valence-electron chi connectivity index (χ1n) is 27.7. The Bertz CT molecular complexity index is 4420. The predicted molar refractivity (Wildman–Crippen MR) is 333 cm³/mol. The highest BCUT2D eigenvalue weighted by molar-refractivity contribution is 6.18. The highest BCUT2D eigenvalue weighted by atomic mass is 16.2. The molecule has 9 heterocycles. The number of aromatic nitrogens is 8. The van der Waals surface area contributed by atoms with Gasteiger partial charge in [-0.2, -0.15) is 0 Å². The Balaban J connectivity index is 0.955. The first kappa shape index (κ1) is 53.5. The zero-order valence-corrected chi connectivity index (χ0v) is 45.7. The number of amides is 2. The quantitative estimate of drug-likeness (QED) is 0.0744. The summed E-state index contributed by atoms with van der Waals surface area (Å²) in [5, 5.41) is 5.93. The normalized spacial score (nSPS) is 13.4. The number of pyridine rings is 4. The third kappa shape index (κ3) is 11.0. The number of fused-ring (bicyclic) bond motifs is 8. The molecule has 16 heteroatoms. The fraction of sp³-hybridized carbons (Fsp3) is 0.0571. The summed E-state index contributed by atoms with van der Waals surface area (Å²) in [4.78, 5) is 114. The van der Waals surface area contributed by atoms with Crippen LogP contribution >= 0.6 is 0 Å². The summed E-state index contributed by atoms with van der Waals surface area (Å²) in [5.74, 6) is -1.89. The molecule has 414 valence electrons. The van der Waals surface area contributed by atoms with Gasteiger partial charge in [0.2, 0.25) is 11.8 Å². The van der Waals surface area contributed by atoms with E-state index in [0.29, 0.717) is 90.5 Å². The number of ketones is 4. The average molecular weight is 1130 g/mol. The molecule has 13 rings (SSSR count). The van der Waals surface area contributed by atoms with Crippen molar-refractivity contribution in [1.29, 1.82) is 0 Å². The van der Waals surface area contributed by atoms with Crippen LogP contribution in [0.4, 0.5) is 11.4 Å². The molecule has 7 aromatic heterocycles. The maximum Gasteiger partial charge on any atom is 0.224 e. The van der Waals surface area contributed by atoms with Crippen molar-refractivity contribution < 1.29 is 28.8 Å². The monoisotopic (exact) mass is 1120 g/mol. The van der Waals surface area contributed by atoms with Gasteiger partial charge in [0.05, 0.1) is 68.0 Å². The minimum atomic E-state index is -0.360. The molecule has 4 aliphatic rings. The van der Waals surface area contributed by atoms with Crippen LogP contribution in [0.25, 0.3) is 114 Å². The molecule has 2 aliphatic heterocycles. The number of carbonyl (C=O) groups is 6. The number of anilines is 2. The van der Waals surface area contributed by atoms with Gasteiger partial charge in [-0.15, -0.1) is 0 Å². The Kier molecular flexibility index (Phi) is 14.5. The molecule has 0 radical (unpaired) electrons. The van der Waals surface area contributed by atoms with Gasteiger partial charge >= 0.3 is 0 Å². The maximum absolute atomic E-state index is 13.5. The summed E-state index contributed by atoms with van der Waals surface area (Å²) in [5.41, 5.74) is 14.7. The second-order valence-electron chi connectivity index (χ2n) is 20.5. The molecule has 0 unspecified atom stereocenters. The van der Waals surface area contributed by atoms with E-state index in [-0.39, 0.29) is 71.8 Å². The van der Waals surface area contributed by atoms with E-state index in [1.165, 1.54) is 36.5 Å². The molecule has 0 saturated heterocycles. The lowest BCUT2D eigenvalue weighted by atomic mass is 9.99. The van der Waals surface area contributed by atoms with Crippen LogP contribution in [0.2, 0.25) is 0 Å². The minimum absolute atomic E-state index is 0.0342. The number of rotatable bonds is 14. The number of carbonyl (C=O) groups excluding carboxylic acids is 6. The van der Waals surface area contributed by atoms with Crippen molar-refractivity contribution >= 4 is 92.7 Å². The minimum Gasteiger partial charge on any atom is -0.354 e. The van der Waals surface area contributed by atoms with Crippen LogP contribution in [-0.2, 0) is 28.8 Å². The number of nitrogens with zero attached hydrogens (tertiary/aromatic N) is 6. The van der Waals surface area contributed by atoms with Crippen molar-refractivity contribution in [2.45, 2.75) is 25.7 Å². The largest absolute Gasteiger partial charge is 0.354 e. The fourth-order valence-corrected chi connectivity index (χ4v) is 10.8. The van der Waals surface area contributed by atoms with E-state index >= 15 is 0 Å². The second kappa shape index (κ2) is 23.2. The lowest BCUT2D eigenvalue weighted by Gasteiger charge is -2.12. The maximum atomic E-state index is 13.5. The van der Waals surface area contributed by atoms with Gasteiger partial charge in [0.1, 0.15) is 11.4 Å². The summed E-state index contributed by atoms with van der Waals surface area (Å²) in [6, 6.07) is 46.3. The van der Waals surface area contributed by atoms with Crippen molar-refractivity contribution in [1.82, 2.24) is 39.9 Å². The topological polar surface area (TPSA) is 235 Å². The molecule has 0 saturated carbocycles. The number of H-pyrrole nitrogens is 2. The van der Waals surface area contributed by atoms with Gasteiger partial charge in [-0.05, 0) is 158 Å². The number of aromatic amines is 2. The summed E-state index contributed by atoms with van der Waals surface area (Å²) in [6.07, 6.45) is 18.8. The highest BCUT2D eigenvalue weighted by Crippen LogP contribution is 2.39. The molecule has 9 aromatic rings. The van der Waals surface area contributed by atoms with Crippen LogP contribution < -0.4 is 10.6 Å². The molecular weight excluding hydrogens is 1080 g/mol. The first-order chi connectivity index (χ1) is 42.1. The van der Waals surface area contributed by atoms with E-state index in [1.54, 1.807) is 36.7 Å². The Hall–Kier alpha value is -11.8. The van der Waals surface area contributed by atoms with Crippen LogP contribution in [0.15, 0.2) is 206 Å². The average Bonchev–Trinajstić information content (AvgIpc) is 3.67. The summed E-state index contributed by atoms with van der Waals surface area (Å²) in [7, 11) is 0. The third-order valence-electron chi connectivity index (χ3n) is 14.8. The van der Waals surface area contributed by atoms with Gasteiger partial charge in [-0.25, -0.2) is 19.9 Å². The molecule has 0 atom stereocenters. The molecule has 0 spiro atoms. The summed E-state index contributed by atoms with van der Waals surface area (Å²) >= 11 is 0. The Morgan fingerprint density at radius 3 is 1.17 bits per heavy atom. The smallest absolute Gasteiger partial charge is 0.224 e. The van der Waals surface area contributed by atoms with Crippen LogP contribution in [-0.4, -0.2) is 74.8 Å². The number of hydrogen-bond donors (Lipinski definition) is 4. The molecule has 8 bridgehead atoms. The van der Waals surface area contributed by atoms with Gasteiger partial charge < -0.3 is 20.6 Å². The molecule has 86 heavy (non-hydrogen) atoms. The molecule has 4 N–H and O–H groups in total. The zero-order valence-electron chi connectivity index (χ0n) is 45.7. The van der Waals surface area contributed by atoms with Crippen LogP contribution in [0, 0.1) is 0 Å². The lowest BCUT2D eigenvalue weighted by molar-refractivity contribution is -0.117. The predicted octanol–water partition coefficient (Wildman–Crippen LogP) is 12.9. The Morgan fingerprint density at radius 2 is 0.756 bits per heavy atom. The lowest BCUT2D eigenvalue weighted by Crippen LogP contribution is -2.15. The molecule has 16 nitrogen and oxygen atoms in total. The van der Waals surface area contributed by atoms with Crippen LogP contribution in [0.1, 0.15) is 48.5 Å². The van der Waals surface area contributed by atoms with Gasteiger partial charge in [0, 0.05) is 69.7 Å². The standard InChI is InChI=1S/C70H48N10O6/c81-45-23-33-61(83)43(39-45)21-35-63(85)79-59-19-9-37-71-69(59)57-17-7-15-47(77-57)67-53-29-25-49(73-53)65(41-11-3-1-4-12-41)50-26-30-54(74-50)68(56-32-28-52(76-56)66(42-13-5-2-6-14-42)51-27-31-55(67)75-51)48-16-8-18-58(78-48)70-60(20-10-38-72-70)80-64(86)36-22-44-40-46(82)24-34-62(44)84/h1-20,23-34,37-40,73,76H,21-22,35-36H2,(H,79,85)(H,80,86). The van der Waals surface area contributed by atoms with Crippen molar-refractivity contribution in [3.8, 4) is 67.5 Å². The number of allylic oxidation sites excluding steroid dienone is 8. The second-order valence-corrected chi connectivity index (χ2v) is 20.5. The molecular formula is C70H48N10O6. The first-order valence-corrected chi connectivity index (χ1v) is 27.7. The molecule has 2 aliphatic carbocycles. The van der Waals surface area contributed by atoms with E-state index in [1.807, 2.05) is 146 Å². The number of hydrogen-bond acceptors (Lipinski definition) is 12. The molecule has 0 fully saturated rings. The van der Waals surface area contributed by atoms with Crippen LogP contribution in [0.5, 0.6) is 0 Å². The van der Waals surface area contributed by atoms with Crippen molar-refractivity contribution in [3.05, 3.63) is 228 Å². The molecule has 2 aromatic carbocycles. The van der Waals surface area contributed by atoms with Crippen molar-refractivity contribution in [2.75, 3.05) is 10.6 Å². The van der Waals surface area contributed by atoms with Gasteiger partial charge in [-0.3, -0.25) is 38.7 Å². The van der Waals surface area contributed by atoms with Gasteiger partial charge in [-0.1, -0.05) is 72.8 Å². The van der Waals surface area contributed by atoms with E-state index < -0.39 is 0 Å². The van der Waals surface area contributed by atoms with E-state index in [9.17, 15) is 28.8 Å². The number of nitrogens with one attached hydrogen (secondary N) is 4. The van der Waals surface area contributed by atoms with E-state index in [0.717, 1.165) is 33.3 Å². The van der Waals surface area contributed by atoms with Crippen molar-refractivity contribution in [3.63, 3.8) is 0 Å². The van der Waals surface area contributed by atoms with E-state index in [4.69, 9.17) is 29.9 Å². The van der Waals surface area contributed by atoms with Crippen LogP contribution in [0.3, 0.4) is 0 Å². The fourth-order valence-electron chi connectivity index (χ4n) is 10.8. The van der Waals surface area contributed by atoms with Crippen molar-refractivity contribution in [2.24, 2.45) is 0 Å². The van der Waals surface area contributed by atoms with Gasteiger partial charge in [0.15, 0.2) is 23.1 Å². The Labute approximate surface area is 491 Å². The molecule has 2 amide bonds. The van der Waals surface area contributed by atoms with E-state index in [2.05, 4.69) is 20.6 Å².